The third-order valence-electron chi connectivity index (χ3n) is 4.35. The Labute approximate surface area is 141 Å². The van der Waals surface area contributed by atoms with Crippen molar-refractivity contribution in [2.45, 2.75) is 39.7 Å². The van der Waals surface area contributed by atoms with Gasteiger partial charge in [0.05, 0.1) is 12.6 Å². The standard InChI is InChI=1S/C18H23N3O3/c1-4-23-15-9-7-14(8-10-15)16-6-5-11-21(16)18(22)19-17-12(2)20-24-13(17)3/h7-10,16H,4-6,11H2,1-3H3,(H,19,22). The van der Waals surface area contributed by atoms with Gasteiger partial charge in [-0.25, -0.2) is 4.79 Å². The van der Waals surface area contributed by atoms with Crippen molar-refractivity contribution < 1.29 is 14.1 Å². The predicted octanol–water partition coefficient (Wildman–Crippen LogP) is 4.06. The molecule has 0 saturated carbocycles. The van der Waals surface area contributed by atoms with Crippen molar-refractivity contribution in [2.24, 2.45) is 0 Å². The summed E-state index contributed by atoms with van der Waals surface area (Å²) < 4.78 is 10.6. The van der Waals surface area contributed by atoms with Crippen LogP contribution in [-0.4, -0.2) is 29.2 Å². The molecule has 1 saturated heterocycles. The highest BCUT2D eigenvalue weighted by Gasteiger charge is 2.30. The first-order valence-corrected chi connectivity index (χ1v) is 8.33. The van der Waals surface area contributed by atoms with E-state index in [9.17, 15) is 4.79 Å². The molecule has 0 radical (unpaired) electrons. The summed E-state index contributed by atoms with van der Waals surface area (Å²) >= 11 is 0. The zero-order valence-corrected chi connectivity index (χ0v) is 14.3. The van der Waals surface area contributed by atoms with E-state index >= 15 is 0 Å². The van der Waals surface area contributed by atoms with Gasteiger partial charge in [-0.05, 0) is 51.3 Å². The maximum Gasteiger partial charge on any atom is 0.322 e. The molecule has 24 heavy (non-hydrogen) atoms. The van der Waals surface area contributed by atoms with E-state index in [1.54, 1.807) is 6.92 Å². The lowest BCUT2D eigenvalue weighted by atomic mass is 10.0. The van der Waals surface area contributed by atoms with E-state index in [4.69, 9.17) is 9.26 Å². The van der Waals surface area contributed by atoms with Crippen LogP contribution in [0.25, 0.3) is 0 Å². The van der Waals surface area contributed by atoms with E-state index in [0.29, 0.717) is 23.7 Å². The summed E-state index contributed by atoms with van der Waals surface area (Å²) in [7, 11) is 0. The molecule has 128 valence electrons. The maximum atomic E-state index is 12.7. The molecule has 0 aliphatic carbocycles. The molecule has 0 bridgehead atoms. The van der Waals surface area contributed by atoms with Gasteiger partial charge in [0.25, 0.3) is 0 Å². The van der Waals surface area contributed by atoms with E-state index in [2.05, 4.69) is 10.5 Å². The number of ether oxygens (including phenoxy) is 1. The maximum absolute atomic E-state index is 12.7. The van der Waals surface area contributed by atoms with Crippen LogP contribution in [0.4, 0.5) is 10.5 Å². The SMILES string of the molecule is CCOc1ccc(C2CCCN2C(=O)Nc2c(C)noc2C)cc1. The van der Waals surface area contributed by atoms with Crippen molar-refractivity contribution >= 4 is 11.7 Å². The van der Waals surface area contributed by atoms with Crippen molar-refractivity contribution in [3.8, 4) is 5.75 Å². The molecule has 1 aliphatic heterocycles. The summed E-state index contributed by atoms with van der Waals surface area (Å²) in [6.45, 7) is 6.97. The summed E-state index contributed by atoms with van der Waals surface area (Å²) in [6, 6.07) is 7.97. The molecule has 1 N–H and O–H groups in total. The first-order valence-electron chi connectivity index (χ1n) is 8.33. The van der Waals surface area contributed by atoms with Crippen molar-refractivity contribution in [1.82, 2.24) is 10.1 Å². The minimum atomic E-state index is -0.110. The zero-order chi connectivity index (χ0) is 17.1. The van der Waals surface area contributed by atoms with Gasteiger partial charge >= 0.3 is 6.03 Å². The van der Waals surface area contributed by atoms with Crippen LogP contribution in [0.15, 0.2) is 28.8 Å². The molecule has 2 aromatic rings. The molecule has 1 aromatic heterocycles. The van der Waals surface area contributed by atoms with Crippen LogP contribution in [0.3, 0.4) is 0 Å². The second-order valence-electron chi connectivity index (χ2n) is 5.98. The molecule has 1 atom stereocenters. The number of carbonyl (C=O) groups is 1. The van der Waals surface area contributed by atoms with Crippen LogP contribution in [-0.2, 0) is 0 Å². The van der Waals surface area contributed by atoms with Gasteiger partial charge in [0.2, 0.25) is 0 Å². The Morgan fingerprint density at radius 2 is 2.12 bits per heavy atom. The Morgan fingerprint density at radius 3 is 2.75 bits per heavy atom. The lowest BCUT2D eigenvalue weighted by molar-refractivity contribution is 0.207. The summed E-state index contributed by atoms with van der Waals surface area (Å²) in [4.78, 5) is 14.6. The number of nitrogens with one attached hydrogen (secondary N) is 1. The first-order chi connectivity index (χ1) is 11.6. The number of anilines is 1. The van der Waals surface area contributed by atoms with E-state index in [-0.39, 0.29) is 12.1 Å². The third-order valence-corrected chi connectivity index (χ3v) is 4.35. The number of nitrogens with zero attached hydrogens (tertiary/aromatic N) is 2. The minimum Gasteiger partial charge on any atom is -0.494 e. The van der Waals surface area contributed by atoms with Crippen LogP contribution < -0.4 is 10.1 Å². The molecule has 1 aromatic carbocycles. The minimum absolute atomic E-state index is 0.0844. The Hall–Kier alpha value is -2.50. The van der Waals surface area contributed by atoms with Crippen molar-refractivity contribution in [2.75, 3.05) is 18.5 Å². The molecule has 0 spiro atoms. The average molecular weight is 329 g/mol. The number of aryl methyl sites for hydroxylation is 2. The average Bonchev–Trinajstić information content (AvgIpc) is 3.18. The topological polar surface area (TPSA) is 67.6 Å². The molecule has 6 nitrogen and oxygen atoms in total. The predicted molar refractivity (Wildman–Crippen MR) is 91.3 cm³/mol. The number of urea groups is 1. The zero-order valence-electron chi connectivity index (χ0n) is 14.3. The van der Waals surface area contributed by atoms with E-state index < -0.39 is 0 Å². The quantitative estimate of drug-likeness (QED) is 0.918. The van der Waals surface area contributed by atoms with Crippen LogP contribution in [0, 0.1) is 13.8 Å². The number of hydrogen-bond acceptors (Lipinski definition) is 4. The van der Waals surface area contributed by atoms with E-state index in [0.717, 1.165) is 30.7 Å². The Kier molecular flexibility index (Phi) is 4.74. The highest BCUT2D eigenvalue weighted by molar-refractivity contribution is 5.90. The number of aromatic nitrogens is 1. The number of benzene rings is 1. The molecule has 3 rings (SSSR count). The fraction of sp³-hybridized carbons (Fsp3) is 0.444. The lowest BCUT2D eigenvalue weighted by Crippen LogP contribution is -2.34. The van der Waals surface area contributed by atoms with Gasteiger partial charge in [0.15, 0.2) is 5.76 Å². The monoisotopic (exact) mass is 329 g/mol. The van der Waals surface area contributed by atoms with Crippen molar-refractivity contribution in [1.29, 1.82) is 0 Å². The van der Waals surface area contributed by atoms with Gasteiger partial charge in [0, 0.05) is 6.54 Å². The summed E-state index contributed by atoms with van der Waals surface area (Å²) in [5.74, 6) is 1.48. The Bertz CT molecular complexity index is 689. The smallest absolute Gasteiger partial charge is 0.322 e. The van der Waals surface area contributed by atoms with Crippen LogP contribution >= 0.6 is 0 Å². The molecule has 1 aliphatic rings. The lowest BCUT2D eigenvalue weighted by Gasteiger charge is -2.25. The van der Waals surface area contributed by atoms with Crippen LogP contribution in [0.1, 0.15) is 42.8 Å². The molecule has 6 heteroatoms. The number of amides is 2. The van der Waals surface area contributed by atoms with Gasteiger partial charge in [-0.15, -0.1) is 0 Å². The Morgan fingerprint density at radius 1 is 1.38 bits per heavy atom. The number of hydrogen-bond donors (Lipinski definition) is 1. The highest BCUT2D eigenvalue weighted by Crippen LogP contribution is 2.33. The van der Waals surface area contributed by atoms with Gasteiger partial charge in [-0.3, -0.25) is 0 Å². The second-order valence-corrected chi connectivity index (χ2v) is 5.98. The first kappa shape index (κ1) is 16.4. The molecule has 2 heterocycles. The molecule has 1 fully saturated rings. The largest absolute Gasteiger partial charge is 0.494 e. The fourth-order valence-electron chi connectivity index (χ4n) is 3.15. The molecule has 2 amide bonds. The third kappa shape index (κ3) is 3.22. The van der Waals surface area contributed by atoms with Gasteiger partial charge in [-0.2, -0.15) is 0 Å². The van der Waals surface area contributed by atoms with Gasteiger partial charge < -0.3 is 19.5 Å². The number of likely N-dealkylation sites (tertiary alicyclic amines) is 1. The second kappa shape index (κ2) is 6.95. The molecular formula is C18H23N3O3. The highest BCUT2D eigenvalue weighted by atomic mass is 16.5. The van der Waals surface area contributed by atoms with Crippen LogP contribution in [0.5, 0.6) is 5.75 Å². The fourth-order valence-corrected chi connectivity index (χ4v) is 3.15. The normalized spacial score (nSPS) is 17.1. The van der Waals surface area contributed by atoms with Gasteiger partial charge in [-0.1, -0.05) is 17.3 Å². The Balaban J connectivity index is 1.74. The number of rotatable bonds is 4. The summed E-state index contributed by atoms with van der Waals surface area (Å²) in [6.07, 6.45) is 1.95. The van der Waals surface area contributed by atoms with E-state index in [1.807, 2.05) is 43.0 Å². The van der Waals surface area contributed by atoms with Gasteiger partial charge in [0.1, 0.15) is 17.1 Å². The molecule has 1 unspecified atom stereocenters. The summed E-state index contributed by atoms with van der Waals surface area (Å²) in [5, 5.41) is 6.82. The van der Waals surface area contributed by atoms with Crippen molar-refractivity contribution in [3.63, 3.8) is 0 Å². The van der Waals surface area contributed by atoms with Crippen LogP contribution in [0.2, 0.25) is 0 Å². The molecular weight excluding hydrogens is 306 g/mol. The van der Waals surface area contributed by atoms with Crippen molar-refractivity contribution in [3.05, 3.63) is 41.3 Å². The summed E-state index contributed by atoms with van der Waals surface area (Å²) in [5.41, 5.74) is 2.49. The van der Waals surface area contributed by atoms with E-state index in [1.165, 1.54) is 0 Å². The number of carbonyl (C=O) groups excluding carboxylic acids is 1.